The highest BCUT2D eigenvalue weighted by Crippen LogP contribution is 2.16. The minimum Gasteiger partial charge on any atom is -0.497 e. The van der Waals surface area contributed by atoms with Crippen molar-refractivity contribution in [1.82, 2.24) is 24.8 Å². The molecule has 0 aliphatic carbocycles. The second-order valence-electron chi connectivity index (χ2n) is 7.50. The second-order valence-corrected chi connectivity index (χ2v) is 7.50. The van der Waals surface area contributed by atoms with Crippen LogP contribution in [0.25, 0.3) is 0 Å². The molecule has 1 atom stereocenters. The van der Waals surface area contributed by atoms with Gasteiger partial charge in [-0.1, -0.05) is 31.2 Å². The van der Waals surface area contributed by atoms with Crippen LogP contribution in [0.15, 0.2) is 30.5 Å². The normalized spacial score (nSPS) is 17.3. The molecule has 8 nitrogen and oxygen atoms in total. The topological polar surface area (TPSA) is 80.6 Å². The average Bonchev–Trinajstić information content (AvgIpc) is 3.14. The van der Waals surface area contributed by atoms with Crippen LogP contribution in [0.3, 0.4) is 0 Å². The molecule has 0 N–H and O–H groups in total. The quantitative estimate of drug-likeness (QED) is 0.756. The molecule has 28 heavy (non-hydrogen) atoms. The van der Waals surface area contributed by atoms with Crippen LogP contribution < -0.4 is 4.74 Å². The number of nitrogens with zero attached hydrogens (tertiary/aromatic N) is 5. The molecule has 1 saturated heterocycles. The summed E-state index contributed by atoms with van der Waals surface area (Å²) >= 11 is 0. The lowest BCUT2D eigenvalue weighted by Gasteiger charge is -2.39. The molecule has 0 bridgehead atoms. The Bertz CT molecular complexity index is 831. The Balaban J connectivity index is 1.65. The molecule has 2 heterocycles. The number of carbonyl (C=O) groups excluding carboxylic acids is 2. The Morgan fingerprint density at radius 3 is 2.61 bits per heavy atom. The number of hydrogen-bond donors (Lipinski definition) is 0. The second kappa shape index (κ2) is 8.41. The van der Waals surface area contributed by atoms with Crippen LogP contribution in [-0.2, 0) is 11.3 Å². The van der Waals surface area contributed by atoms with Gasteiger partial charge in [0, 0.05) is 19.6 Å². The average molecular weight is 385 g/mol. The maximum atomic E-state index is 12.9. The van der Waals surface area contributed by atoms with Crippen LogP contribution in [0.2, 0.25) is 0 Å². The Morgan fingerprint density at radius 2 is 1.96 bits per heavy atom. The number of hydrogen-bond acceptors (Lipinski definition) is 5. The lowest BCUT2D eigenvalue weighted by molar-refractivity contribution is -0.140. The van der Waals surface area contributed by atoms with E-state index < -0.39 is 6.04 Å². The SMILES string of the molecule is COc1ccc(Cn2cc(C(=O)N3CCN(CC(C)C)C(=O)C3C)nn2)cc1. The van der Waals surface area contributed by atoms with Crippen molar-refractivity contribution in [3.05, 3.63) is 41.7 Å². The fourth-order valence-corrected chi connectivity index (χ4v) is 3.37. The van der Waals surface area contributed by atoms with Crippen molar-refractivity contribution in [2.75, 3.05) is 26.7 Å². The van der Waals surface area contributed by atoms with Gasteiger partial charge in [-0.2, -0.15) is 0 Å². The molecular formula is C20H27N5O3. The van der Waals surface area contributed by atoms with Gasteiger partial charge in [0.1, 0.15) is 11.8 Å². The first kappa shape index (κ1) is 19.9. The highest BCUT2D eigenvalue weighted by Gasteiger charge is 2.35. The summed E-state index contributed by atoms with van der Waals surface area (Å²) in [5.41, 5.74) is 1.28. The Morgan fingerprint density at radius 1 is 1.25 bits per heavy atom. The van der Waals surface area contributed by atoms with Crippen LogP contribution in [0, 0.1) is 5.92 Å². The summed E-state index contributed by atoms with van der Waals surface area (Å²) < 4.78 is 6.78. The van der Waals surface area contributed by atoms with Gasteiger partial charge in [0.25, 0.3) is 5.91 Å². The van der Waals surface area contributed by atoms with E-state index in [4.69, 9.17) is 4.74 Å². The predicted molar refractivity (Wildman–Crippen MR) is 104 cm³/mol. The number of aromatic nitrogens is 3. The summed E-state index contributed by atoms with van der Waals surface area (Å²) in [5.74, 6) is 0.912. The zero-order valence-corrected chi connectivity index (χ0v) is 16.8. The number of methoxy groups -OCH3 is 1. The van der Waals surface area contributed by atoms with Gasteiger partial charge in [0.05, 0.1) is 19.9 Å². The molecule has 3 rings (SSSR count). The van der Waals surface area contributed by atoms with Gasteiger partial charge in [0.15, 0.2) is 5.69 Å². The summed E-state index contributed by atoms with van der Waals surface area (Å²) in [5, 5.41) is 8.08. The molecule has 8 heteroatoms. The van der Waals surface area contributed by atoms with Gasteiger partial charge < -0.3 is 14.5 Å². The van der Waals surface area contributed by atoms with Crippen molar-refractivity contribution < 1.29 is 14.3 Å². The molecule has 1 aromatic carbocycles. The van der Waals surface area contributed by atoms with Crippen LogP contribution >= 0.6 is 0 Å². The highest BCUT2D eigenvalue weighted by molar-refractivity contribution is 5.96. The monoisotopic (exact) mass is 385 g/mol. The standard InChI is InChI=1S/C20H27N5O3/c1-14(2)11-23-9-10-25(15(3)19(23)26)20(27)18-13-24(22-21-18)12-16-5-7-17(28-4)8-6-16/h5-8,13-15H,9-12H2,1-4H3. The third-order valence-electron chi connectivity index (χ3n) is 4.86. The maximum Gasteiger partial charge on any atom is 0.276 e. The van der Waals surface area contributed by atoms with Gasteiger partial charge in [-0.15, -0.1) is 5.10 Å². The first-order valence-electron chi connectivity index (χ1n) is 9.52. The van der Waals surface area contributed by atoms with Crippen molar-refractivity contribution in [2.45, 2.75) is 33.4 Å². The molecule has 2 amide bonds. The third-order valence-corrected chi connectivity index (χ3v) is 4.86. The van der Waals surface area contributed by atoms with Crippen LogP contribution in [0.5, 0.6) is 5.75 Å². The molecule has 150 valence electrons. The number of amides is 2. The molecule has 1 aromatic heterocycles. The molecule has 0 spiro atoms. The predicted octanol–water partition coefficient (Wildman–Crippen LogP) is 1.66. The molecule has 1 unspecified atom stereocenters. The van der Waals surface area contributed by atoms with Crippen molar-refractivity contribution in [3.63, 3.8) is 0 Å². The van der Waals surface area contributed by atoms with E-state index in [1.165, 1.54) is 0 Å². The van der Waals surface area contributed by atoms with Gasteiger partial charge in [-0.05, 0) is 30.5 Å². The van der Waals surface area contributed by atoms with E-state index in [1.807, 2.05) is 29.2 Å². The van der Waals surface area contributed by atoms with Crippen molar-refractivity contribution in [3.8, 4) is 5.75 Å². The van der Waals surface area contributed by atoms with Gasteiger partial charge in [0.2, 0.25) is 5.91 Å². The Kier molecular flexibility index (Phi) is 5.96. The summed E-state index contributed by atoms with van der Waals surface area (Å²) in [7, 11) is 1.62. The third kappa shape index (κ3) is 4.32. The summed E-state index contributed by atoms with van der Waals surface area (Å²) in [6.07, 6.45) is 1.63. The number of ether oxygens (including phenoxy) is 1. The Hall–Kier alpha value is -2.90. The van der Waals surface area contributed by atoms with Crippen molar-refractivity contribution in [2.24, 2.45) is 5.92 Å². The van der Waals surface area contributed by atoms with E-state index in [0.717, 1.165) is 11.3 Å². The fraction of sp³-hybridized carbons (Fsp3) is 0.500. The molecule has 1 aliphatic rings. The lowest BCUT2D eigenvalue weighted by Crippen LogP contribution is -2.58. The van der Waals surface area contributed by atoms with E-state index in [-0.39, 0.29) is 17.5 Å². The molecule has 1 aliphatic heterocycles. The molecule has 1 fully saturated rings. The summed E-state index contributed by atoms with van der Waals surface area (Å²) in [6.45, 7) is 8.20. The minimum atomic E-state index is -0.494. The highest BCUT2D eigenvalue weighted by atomic mass is 16.5. The first-order valence-corrected chi connectivity index (χ1v) is 9.52. The van der Waals surface area contributed by atoms with E-state index in [2.05, 4.69) is 24.2 Å². The fourth-order valence-electron chi connectivity index (χ4n) is 3.37. The largest absolute Gasteiger partial charge is 0.497 e. The zero-order valence-electron chi connectivity index (χ0n) is 16.8. The van der Waals surface area contributed by atoms with Gasteiger partial charge >= 0.3 is 0 Å². The van der Waals surface area contributed by atoms with Crippen LogP contribution in [0.1, 0.15) is 36.8 Å². The molecule has 2 aromatic rings. The number of piperazine rings is 1. The lowest BCUT2D eigenvalue weighted by atomic mass is 10.1. The van der Waals surface area contributed by atoms with Crippen LogP contribution in [0.4, 0.5) is 0 Å². The number of carbonyl (C=O) groups is 2. The maximum absolute atomic E-state index is 12.9. The van der Waals surface area contributed by atoms with E-state index in [9.17, 15) is 9.59 Å². The summed E-state index contributed by atoms with van der Waals surface area (Å²) in [4.78, 5) is 28.9. The summed E-state index contributed by atoms with van der Waals surface area (Å²) in [6, 6.07) is 7.14. The molecular weight excluding hydrogens is 358 g/mol. The van der Waals surface area contributed by atoms with Crippen LogP contribution in [-0.4, -0.2) is 69.4 Å². The smallest absolute Gasteiger partial charge is 0.276 e. The van der Waals surface area contributed by atoms with E-state index in [1.54, 1.807) is 29.8 Å². The van der Waals surface area contributed by atoms with E-state index >= 15 is 0 Å². The van der Waals surface area contributed by atoms with Gasteiger partial charge in [-0.25, -0.2) is 4.68 Å². The van der Waals surface area contributed by atoms with Crippen molar-refractivity contribution in [1.29, 1.82) is 0 Å². The molecule has 0 radical (unpaired) electrons. The number of benzene rings is 1. The van der Waals surface area contributed by atoms with Crippen molar-refractivity contribution >= 4 is 11.8 Å². The zero-order chi connectivity index (χ0) is 20.3. The van der Waals surface area contributed by atoms with Gasteiger partial charge in [-0.3, -0.25) is 9.59 Å². The number of rotatable bonds is 6. The first-order chi connectivity index (χ1) is 13.4. The molecule has 0 saturated carbocycles. The minimum absolute atomic E-state index is 0.0149. The van der Waals surface area contributed by atoms with E-state index in [0.29, 0.717) is 32.1 Å². The Labute approximate surface area is 165 Å².